The largest absolute Gasteiger partial charge is 0.366 e. The molecule has 1 saturated carbocycles. The van der Waals surface area contributed by atoms with Gasteiger partial charge in [-0.15, -0.1) is 0 Å². The maximum absolute atomic E-state index is 5.07. The third-order valence-corrected chi connectivity index (χ3v) is 3.42. The number of hydrogen-bond acceptors (Lipinski definition) is 1. The second-order valence-corrected chi connectivity index (χ2v) is 5.05. The van der Waals surface area contributed by atoms with Crippen LogP contribution in [0.5, 0.6) is 0 Å². The van der Waals surface area contributed by atoms with E-state index in [0.717, 1.165) is 16.9 Å². The van der Waals surface area contributed by atoms with Gasteiger partial charge in [-0.25, -0.2) is 0 Å². The molecule has 1 aliphatic rings. The summed E-state index contributed by atoms with van der Waals surface area (Å²) in [5.74, 6) is 1.84. The summed E-state index contributed by atoms with van der Waals surface area (Å²) in [5, 5.41) is 7.01. The second kappa shape index (κ2) is 5.54. The second-order valence-electron chi connectivity index (χ2n) is 4.64. The van der Waals surface area contributed by atoms with E-state index in [9.17, 15) is 0 Å². The van der Waals surface area contributed by atoms with Gasteiger partial charge in [-0.1, -0.05) is 19.8 Å². The minimum atomic E-state index is 0.505. The molecule has 82 valence electrons. The van der Waals surface area contributed by atoms with Crippen LogP contribution in [0.2, 0.25) is 0 Å². The third kappa shape index (κ3) is 3.82. The van der Waals surface area contributed by atoms with Crippen LogP contribution in [-0.2, 0) is 0 Å². The molecule has 14 heavy (non-hydrogen) atoms. The first-order chi connectivity index (χ1) is 6.61. The molecule has 0 aromatic heterocycles. The quantitative estimate of drug-likeness (QED) is 0.705. The van der Waals surface area contributed by atoms with E-state index in [1.54, 1.807) is 0 Å². The van der Waals surface area contributed by atoms with E-state index in [4.69, 9.17) is 12.2 Å². The standard InChI is InChI=1S/C11H22N2S/c1-8-4-5-10(6-8)7-9(2)13-11(14)12-3/h8-10H,4-7H2,1-3H3,(H2,12,13,14). The van der Waals surface area contributed by atoms with E-state index in [1.807, 2.05) is 7.05 Å². The van der Waals surface area contributed by atoms with Crippen LogP contribution in [0, 0.1) is 11.8 Å². The highest BCUT2D eigenvalue weighted by Crippen LogP contribution is 2.33. The Balaban J connectivity index is 2.20. The minimum absolute atomic E-state index is 0.505. The van der Waals surface area contributed by atoms with E-state index < -0.39 is 0 Å². The van der Waals surface area contributed by atoms with Crippen LogP contribution in [0.3, 0.4) is 0 Å². The lowest BCUT2D eigenvalue weighted by molar-refractivity contribution is 0.425. The molecule has 1 fully saturated rings. The summed E-state index contributed by atoms with van der Waals surface area (Å²) in [6.07, 6.45) is 5.47. The molecule has 0 aromatic carbocycles. The molecule has 0 spiro atoms. The van der Waals surface area contributed by atoms with Crippen molar-refractivity contribution in [3.8, 4) is 0 Å². The van der Waals surface area contributed by atoms with Crippen LogP contribution >= 0.6 is 12.2 Å². The Kier molecular flexibility index (Phi) is 4.66. The Labute approximate surface area is 92.8 Å². The van der Waals surface area contributed by atoms with Crippen molar-refractivity contribution < 1.29 is 0 Å². The van der Waals surface area contributed by atoms with Crippen LogP contribution in [0.4, 0.5) is 0 Å². The monoisotopic (exact) mass is 214 g/mol. The summed E-state index contributed by atoms with van der Waals surface area (Å²) in [7, 11) is 1.86. The lowest BCUT2D eigenvalue weighted by Gasteiger charge is -2.19. The molecule has 3 atom stereocenters. The topological polar surface area (TPSA) is 24.1 Å². The zero-order valence-electron chi connectivity index (χ0n) is 9.47. The predicted octanol–water partition coefficient (Wildman–Crippen LogP) is 2.30. The molecular weight excluding hydrogens is 192 g/mol. The highest BCUT2D eigenvalue weighted by Gasteiger charge is 2.22. The normalized spacial score (nSPS) is 28.5. The summed E-state index contributed by atoms with van der Waals surface area (Å²) >= 11 is 5.07. The molecule has 0 aromatic rings. The van der Waals surface area contributed by atoms with Gasteiger partial charge in [0.25, 0.3) is 0 Å². The highest BCUT2D eigenvalue weighted by molar-refractivity contribution is 7.80. The van der Waals surface area contributed by atoms with Crippen molar-refractivity contribution in [2.75, 3.05) is 7.05 Å². The molecule has 0 radical (unpaired) electrons. The Bertz CT molecular complexity index is 194. The molecule has 0 amide bonds. The van der Waals surface area contributed by atoms with E-state index in [0.29, 0.717) is 6.04 Å². The van der Waals surface area contributed by atoms with Crippen LogP contribution in [0.15, 0.2) is 0 Å². The van der Waals surface area contributed by atoms with E-state index in [-0.39, 0.29) is 0 Å². The van der Waals surface area contributed by atoms with E-state index in [2.05, 4.69) is 24.5 Å². The van der Waals surface area contributed by atoms with Crippen molar-refractivity contribution in [2.45, 2.75) is 45.6 Å². The molecule has 0 saturated heterocycles. The zero-order valence-corrected chi connectivity index (χ0v) is 10.3. The molecule has 1 aliphatic carbocycles. The molecule has 0 aliphatic heterocycles. The third-order valence-electron chi connectivity index (χ3n) is 3.09. The minimum Gasteiger partial charge on any atom is -0.366 e. The van der Waals surface area contributed by atoms with Crippen molar-refractivity contribution >= 4 is 17.3 Å². The van der Waals surface area contributed by atoms with Gasteiger partial charge in [-0.3, -0.25) is 0 Å². The Hall–Kier alpha value is -0.310. The lowest BCUT2D eigenvalue weighted by atomic mass is 9.98. The number of hydrogen-bond donors (Lipinski definition) is 2. The first-order valence-corrected chi connectivity index (χ1v) is 6.01. The van der Waals surface area contributed by atoms with Gasteiger partial charge in [-0.05, 0) is 43.8 Å². The van der Waals surface area contributed by atoms with Gasteiger partial charge in [0.1, 0.15) is 0 Å². The average Bonchev–Trinajstić information content (AvgIpc) is 2.50. The van der Waals surface area contributed by atoms with Gasteiger partial charge < -0.3 is 10.6 Å². The number of thiocarbonyl (C=S) groups is 1. The summed E-state index contributed by atoms with van der Waals surface area (Å²) in [6, 6.07) is 0.505. The molecule has 2 N–H and O–H groups in total. The van der Waals surface area contributed by atoms with Crippen LogP contribution in [0.1, 0.15) is 39.5 Å². The van der Waals surface area contributed by atoms with Gasteiger partial charge in [0.05, 0.1) is 0 Å². The highest BCUT2D eigenvalue weighted by atomic mass is 32.1. The van der Waals surface area contributed by atoms with Crippen molar-refractivity contribution in [1.82, 2.24) is 10.6 Å². The van der Waals surface area contributed by atoms with Gasteiger partial charge in [0.15, 0.2) is 5.11 Å². The van der Waals surface area contributed by atoms with Crippen molar-refractivity contribution in [1.29, 1.82) is 0 Å². The fourth-order valence-corrected chi connectivity index (χ4v) is 2.60. The Morgan fingerprint density at radius 1 is 1.50 bits per heavy atom. The molecular formula is C11H22N2S. The van der Waals surface area contributed by atoms with Crippen molar-refractivity contribution in [2.24, 2.45) is 11.8 Å². The average molecular weight is 214 g/mol. The molecule has 0 heterocycles. The lowest BCUT2D eigenvalue weighted by Crippen LogP contribution is -2.39. The van der Waals surface area contributed by atoms with E-state index >= 15 is 0 Å². The van der Waals surface area contributed by atoms with E-state index in [1.165, 1.54) is 25.7 Å². The Morgan fingerprint density at radius 2 is 2.21 bits per heavy atom. The molecule has 3 unspecified atom stereocenters. The SMILES string of the molecule is CNC(=S)NC(C)CC1CCC(C)C1. The van der Waals surface area contributed by atoms with Crippen LogP contribution in [-0.4, -0.2) is 18.2 Å². The first kappa shape index (κ1) is 11.8. The summed E-state index contributed by atoms with van der Waals surface area (Å²) in [5.41, 5.74) is 0. The smallest absolute Gasteiger partial charge is 0.166 e. The summed E-state index contributed by atoms with van der Waals surface area (Å²) in [4.78, 5) is 0. The predicted molar refractivity (Wildman–Crippen MR) is 65.4 cm³/mol. The van der Waals surface area contributed by atoms with Gasteiger partial charge in [0, 0.05) is 13.1 Å². The molecule has 2 nitrogen and oxygen atoms in total. The van der Waals surface area contributed by atoms with Gasteiger partial charge in [-0.2, -0.15) is 0 Å². The fraction of sp³-hybridized carbons (Fsp3) is 0.909. The molecule has 0 bridgehead atoms. The maximum Gasteiger partial charge on any atom is 0.166 e. The Morgan fingerprint density at radius 3 is 2.71 bits per heavy atom. The maximum atomic E-state index is 5.07. The van der Waals surface area contributed by atoms with Crippen LogP contribution in [0.25, 0.3) is 0 Å². The summed E-state index contributed by atoms with van der Waals surface area (Å²) in [6.45, 7) is 4.57. The van der Waals surface area contributed by atoms with Crippen LogP contribution < -0.4 is 10.6 Å². The number of nitrogens with one attached hydrogen (secondary N) is 2. The summed E-state index contributed by atoms with van der Waals surface area (Å²) < 4.78 is 0. The number of rotatable bonds is 3. The first-order valence-electron chi connectivity index (χ1n) is 5.60. The molecule has 1 rings (SSSR count). The van der Waals surface area contributed by atoms with Gasteiger partial charge in [0.2, 0.25) is 0 Å². The van der Waals surface area contributed by atoms with Gasteiger partial charge >= 0.3 is 0 Å². The fourth-order valence-electron chi connectivity index (χ4n) is 2.39. The van der Waals surface area contributed by atoms with Crippen molar-refractivity contribution in [3.05, 3.63) is 0 Å². The zero-order chi connectivity index (χ0) is 10.6. The molecule has 3 heteroatoms. The van der Waals surface area contributed by atoms with Crippen molar-refractivity contribution in [3.63, 3.8) is 0 Å².